The molecule has 88 valence electrons. The summed E-state index contributed by atoms with van der Waals surface area (Å²) in [7, 11) is 0. The van der Waals surface area contributed by atoms with Crippen LogP contribution in [0.25, 0.3) is 10.8 Å². The van der Waals surface area contributed by atoms with E-state index >= 15 is 0 Å². The average molecular weight is 342 g/mol. The molecule has 0 spiro atoms. The molecule has 2 N–H and O–H groups in total. The van der Waals surface area contributed by atoms with Gasteiger partial charge < -0.3 is 10.3 Å². The van der Waals surface area contributed by atoms with Gasteiger partial charge in [0.1, 0.15) is 6.04 Å². The van der Waals surface area contributed by atoms with Gasteiger partial charge in [-0.3, -0.25) is 9.59 Å². The number of aromatic nitrogens is 1. The number of benzene rings is 1. The lowest BCUT2D eigenvalue weighted by Gasteiger charge is -2.12. The maximum atomic E-state index is 12.2. The molecule has 1 aromatic carbocycles. The van der Waals surface area contributed by atoms with E-state index in [4.69, 9.17) is 5.73 Å². The number of nitrogens with two attached hydrogens (primary N) is 1. The van der Waals surface area contributed by atoms with Crippen molar-refractivity contribution in [3.63, 3.8) is 0 Å². The van der Waals surface area contributed by atoms with E-state index in [1.54, 1.807) is 19.2 Å². The molecule has 0 aliphatic carbocycles. The SMILES string of the molecule is C[C@@H](C(N)=O)n1ccc2c(I)cccc2c1=O. The molecule has 1 amide bonds. The lowest BCUT2D eigenvalue weighted by atomic mass is 10.1. The predicted molar refractivity (Wildman–Crippen MR) is 74.8 cm³/mol. The lowest BCUT2D eigenvalue weighted by molar-refractivity contribution is -0.120. The van der Waals surface area contributed by atoms with Crippen molar-refractivity contribution in [3.8, 4) is 0 Å². The van der Waals surface area contributed by atoms with Crippen LogP contribution in [-0.2, 0) is 4.79 Å². The summed E-state index contributed by atoms with van der Waals surface area (Å²) >= 11 is 2.18. The van der Waals surface area contributed by atoms with Crippen LogP contribution in [0.15, 0.2) is 35.3 Å². The predicted octanol–water partition coefficient (Wildman–Crippen LogP) is 1.65. The summed E-state index contributed by atoms with van der Waals surface area (Å²) in [6, 6.07) is 6.71. The zero-order valence-corrected chi connectivity index (χ0v) is 11.3. The highest BCUT2D eigenvalue weighted by molar-refractivity contribution is 14.1. The summed E-state index contributed by atoms with van der Waals surface area (Å²) in [4.78, 5) is 23.3. The third kappa shape index (κ3) is 2.06. The third-order valence-electron chi connectivity index (χ3n) is 2.75. The Labute approximate surface area is 112 Å². The highest BCUT2D eigenvalue weighted by Crippen LogP contribution is 2.18. The summed E-state index contributed by atoms with van der Waals surface area (Å²) in [6.07, 6.45) is 1.61. The van der Waals surface area contributed by atoms with Gasteiger partial charge in [0.15, 0.2) is 0 Å². The van der Waals surface area contributed by atoms with E-state index in [9.17, 15) is 9.59 Å². The van der Waals surface area contributed by atoms with Crippen molar-refractivity contribution in [1.82, 2.24) is 4.57 Å². The van der Waals surface area contributed by atoms with E-state index in [1.165, 1.54) is 4.57 Å². The highest BCUT2D eigenvalue weighted by Gasteiger charge is 2.14. The fourth-order valence-electron chi connectivity index (χ4n) is 1.70. The van der Waals surface area contributed by atoms with Crippen LogP contribution in [0, 0.1) is 3.57 Å². The smallest absolute Gasteiger partial charge is 0.259 e. The fraction of sp³-hybridized carbons (Fsp3) is 0.167. The van der Waals surface area contributed by atoms with Gasteiger partial charge in [-0.1, -0.05) is 6.07 Å². The first-order valence-electron chi connectivity index (χ1n) is 5.11. The van der Waals surface area contributed by atoms with Gasteiger partial charge in [-0.2, -0.15) is 0 Å². The molecule has 0 aliphatic heterocycles. The zero-order chi connectivity index (χ0) is 12.6. The number of nitrogens with zero attached hydrogens (tertiary/aromatic N) is 1. The van der Waals surface area contributed by atoms with E-state index < -0.39 is 11.9 Å². The lowest BCUT2D eigenvalue weighted by Crippen LogP contribution is -2.31. The summed E-state index contributed by atoms with van der Waals surface area (Å²) < 4.78 is 2.37. The van der Waals surface area contributed by atoms with Crippen LogP contribution in [0.2, 0.25) is 0 Å². The number of carbonyl (C=O) groups excluding carboxylic acids is 1. The van der Waals surface area contributed by atoms with Gasteiger partial charge in [-0.15, -0.1) is 0 Å². The number of halogens is 1. The molecule has 0 unspecified atom stereocenters. The van der Waals surface area contributed by atoms with Gasteiger partial charge in [0.05, 0.1) is 0 Å². The maximum absolute atomic E-state index is 12.2. The number of primary amides is 1. The largest absolute Gasteiger partial charge is 0.368 e. The maximum Gasteiger partial charge on any atom is 0.259 e. The minimum Gasteiger partial charge on any atom is -0.368 e. The van der Waals surface area contributed by atoms with Crippen molar-refractivity contribution in [1.29, 1.82) is 0 Å². The number of fused-ring (bicyclic) bond motifs is 1. The van der Waals surface area contributed by atoms with Crippen LogP contribution in [0.1, 0.15) is 13.0 Å². The molecule has 1 atom stereocenters. The molecule has 0 bridgehead atoms. The zero-order valence-electron chi connectivity index (χ0n) is 9.18. The molecule has 0 saturated heterocycles. The van der Waals surface area contributed by atoms with E-state index in [2.05, 4.69) is 22.6 Å². The van der Waals surface area contributed by atoms with Crippen LogP contribution in [0.3, 0.4) is 0 Å². The van der Waals surface area contributed by atoms with Gasteiger partial charge >= 0.3 is 0 Å². The Hall–Kier alpha value is -1.37. The van der Waals surface area contributed by atoms with E-state index in [-0.39, 0.29) is 5.56 Å². The second kappa shape index (κ2) is 4.48. The van der Waals surface area contributed by atoms with Gasteiger partial charge in [0.25, 0.3) is 5.56 Å². The molecule has 0 saturated carbocycles. The van der Waals surface area contributed by atoms with Crippen LogP contribution in [0.5, 0.6) is 0 Å². The molecular formula is C12H11IN2O2. The third-order valence-corrected chi connectivity index (χ3v) is 3.69. The summed E-state index contributed by atoms with van der Waals surface area (Å²) in [5.74, 6) is -0.517. The van der Waals surface area contributed by atoms with Crippen molar-refractivity contribution in [2.24, 2.45) is 5.73 Å². The molecule has 2 rings (SSSR count). The molecule has 0 radical (unpaired) electrons. The Balaban J connectivity index is 2.75. The molecule has 0 fully saturated rings. The Morgan fingerprint density at radius 3 is 2.71 bits per heavy atom. The average Bonchev–Trinajstić information content (AvgIpc) is 2.30. The van der Waals surface area contributed by atoms with Crippen molar-refractivity contribution in [2.75, 3.05) is 0 Å². The Bertz CT molecular complexity index is 648. The molecule has 0 aliphatic rings. The molecule has 4 nitrogen and oxygen atoms in total. The summed E-state index contributed by atoms with van der Waals surface area (Å²) in [5, 5.41) is 1.50. The molecular weight excluding hydrogens is 331 g/mol. The van der Waals surface area contributed by atoms with Crippen LogP contribution < -0.4 is 11.3 Å². The number of amides is 1. The van der Waals surface area contributed by atoms with Gasteiger partial charge in [-0.05, 0) is 47.7 Å². The van der Waals surface area contributed by atoms with Crippen LogP contribution >= 0.6 is 22.6 Å². The first kappa shape index (κ1) is 12.1. The van der Waals surface area contributed by atoms with Crippen molar-refractivity contribution >= 4 is 39.3 Å². The molecule has 1 heterocycles. The Kier molecular flexibility index (Phi) is 3.19. The quantitative estimate of drug-likeness (QED) is 0.844. The minimum atomic E-state index is -0.634. The van der Waals surface area contributed by atoms with E-state index in [1.807, 2.05) is 18.2 Å². The van der Waals surface area contributed by atoms with Gasteiger partial charge in [0, 0.05) is 20.5 Å². The van der Waals surface area contributed by atoms with E-state index in [0.29, 0.717) is 5.39 Å². The molecule has 5 heteroatoms. The van der Waals surface area contributed by atoms with Crippen LogP contribution in [0.4, 0.5) is 0 Å². The number of rotatable bonds is 2. The second-order valence-corrected chi connectivity index (χ2v) is 4.97. The molecule has 17 heavy (non-hydrogen) atoms. The standard InChI is InChI=1S/C12H11IN2O2/c1-7(11(14)16)15-6-5-8-9(12(15)17)3-2-4-10(8)13/h2-7H,1H3,(H2,14,16)/t7-/m0/s1. The van der Waals surface area contributed by atoms with Crippen LogP contribution in [-0.4, -0.2) is 10.5 Å². The number of hydrogen-bond donors (Lipinski definition) is 1. The van der Waals surface area contributed by atoms with Gasteiger partial charge in [-0.25, -0.2) is 0 Å². The molecule has 2 aromatic rings. The topological polar surface area (TPSA) is 65.1 Å². The first-order valence-corrected chi connectivity index (χ1v) is 6.19. The van der Waals surface area contributed by atoms with Crippen molar-refractivity contribution in [3.05, 3.63) is 44.4 Å². The highest BCUT2D eigenvalue weighted by atomic mass is 127. The normalized spacial score (nSPS) is 12.6. The Morgan fingerprint density at radius 1 is 1.35 bits per heavy atom. The summed E-state index contributed by atoms with van der Waals surface area (Å²) in [5.41, 5.74) is 5.02. The first-order chi connectivity index (χ1) is 8.02. The fourth-order valence-corrected chi connectivity index (χ4v) is 2.37. The van der Waals surface area contributed by atoms with Crippen molar-refractivity contribution in [2.45, 2.75) is 13.0 Å². The second-order valence-electron chi connectivity index (χ2n) is 3.81. The van der Waals surface area contributed by atoms with Crippen molar-refractivity contribution < 1.29 is 4.79 Å². The summed E-state index contributed by atoms with van der Waals surface area (Å²) in [6.45, 7) is 1.61. The Morgan fingerprint density at radius 2 is 2.06 bits per heavy atom. The number of pyridine rings is 1. The number of hydrogen-bond acceptors (Lipinski definition) is 2. The van der Waals surface area contributed by atoms with E-state index in [0.717, 1.165) is 8.96 Å². The monoisotopic (exact) mass is 342 g/mol. The number of carbonyl (C=O) groups is 1. The minimum absolute atomic E-state index is 0.188. The molecule has 1 aromatic heterocycles. The van der Waals surface area contributed by atoms with Gasteiger partial charge in [0.2, 0.25) is 5.91 Å².